The summed E-state index contributed by atoms with van der Waals surface area (Å²) < 4.78 is 1.12. The van der Waals surface area contributed by atoms with Crippen molar-refractivity contribution in [2.45, 2.75) is 32.9 Å². The third-order valence-corrected chi connectivity index (χ3v) is 5.03. The standard InChI is InChI=1S/C18H19BrClN/c1-18(2)10-13-5-8-15(20)9-16(13)17(18)21-11-12-3-6-14(19)7-4-12/h3-9,17,21H,10-11H2,1-2H3. The van der Waals surface area contributed by atoms with E-state index in [9.17, 15) is 0 Å². The summed E-state index contributed by atoms with van der Waals surface area (Å²) in [7, 11) is 0. The van der Waals surface area contributed by atoms with Gasteiger partial charge in [0.05, 0.1) is 0 Å². The first-order valence-electron chi connectivity index (χ1n) is 7.22. The first-order valence-corrected chi connectivity index (χ1v) is 8.39. The lowest BCUT2D eigenvalue weighted by Crippen LogP contribution is -2.30. The SMILES string of the molecule is CC1(C)Cc2ccc(Cl)cc2C1NCc1ccc(Br)cc1. The molecule has 1 nitrogen and oxygen atoms in total. The number of hydrogen-bond donors (Lipinski definition) is 1. The molecule has 0 bridgehead atoms. The summed E-state index contributed by atoms with van der Waals surface area (Å²) >= 11 is 9.66. The van der Waals surface area contributed by atoms with Crippen molar-refractivity contribution in [2.24, 2.45) is 5.41 Å². The van der Waals surface area contributed by atoms with Gasteiger partial charge < -0.3 is 5.32 Å². The van der Waals surface area contributed by atoms with Crippen LogP contribution >= 0.6 is 27.5 Å². The van der Waals surface area contributed by atoms with E-state index < -0.39 is 0 Å². The van der Waals surface area contributed by atoms with Crippen molar-refractivity contribution in [2.75, 3.05) is 0 Å². The smallest absolute Gasteiger partial charge is 0.0409 e. The Balaban J connectivity index is 1.81. The molecule has 0 spiro atoms. The van der Waals surface area contributed by atoms with Crippen LogP contribution in [0.5, 0.6) is 0 Å². The van der Waals surface area contributed by atoms with Crippen LogP contribution in [-0.4, -0.2) is 0 Å². The van der Waals surface area contributed by atoms with Crippen LogP contribution in [0.2, 0.25) is 5.02 Å². The number of fused-ring (bicyclic) bond motifs is 1. The van der Waals surface area contributed by atoms with Crippen LogP contribution in [0.15, 0.2) is 46.9 Å². The maximum Gasteiger partial charge on any atom is 0.0409 e. The van der Waals surface area contributed by atoms with Gasteiger partial charge in [0.25, 0.3) is 0 Å². The minimum atomic E-state index is 0.211. The Morgan fingerprint density at radius 2 is 1.90 bits per heavy atom. The molecular formula is C18H19BrClN. The highest BCUT2D eigenvalue weighted by Gasteiger charge is 2.38. The molecule has 3 rings (SSSR count). The van der Waals surface area contributed by atoms with Crippen LogP contribution in [0, 0.1) is 5.41 Å². The Hall–Kier alpha value is -0.830. The molecule has 1 aliphatic rings. The van der Waals surface area contributed by atoms with Crippen LogP contribution < -0.4 is 5.32 Å². The lowest BCUT2D eigenvalue weighted by Gasteiger charge is -2.29. The van der Waals surface area contributed by atoms with Gasteiger partial charge >= 0.3 is 0 Å². The van der Waals surface area contributed by atoms with E-state index in [1.54, 1.807) is 0 Å². The van der Waals surface area contributed by atoms with Crippen molar-refractivity contribution in [1.82, 2.24) is 5.32 Å². The molecule has 21 heavy (non-hydrogen) atoms. The van der Waals surface area contributed by atoms with E-state index in [4.69, 9.17) is 11.6 Å². The second-order valence-electron chi connectivity index (χ2n) is 6.45. The number of rotatable bonds is 3. The predicted octanol–water partition coefficient (Wildman–Crippen LogP) is 5.52. The fraction of sp³-hybridized carbons (Fsp3) is 0.333. The molecule has 0 fully saturated rings. The van der Waals surface area contributed by atoms with Crippen LogP contribution in [-0.2, 0) is 13.0 Å². The maximum absolute atomic E-state index is 6.18. The Labute approximate surface area is 139 Å². The molecule has 2 aromatic rings. The van der Waals surface area contributed by atoms with E-state index in [1.165, 1.54) is 16.7 Å². The topological polar surface area (TPSA) is 12.0 Å². The molecule has 0 aliphatic heterocycles. The molecule has 1 N–H and O–H groups in total. The van der Waals surface area contributed by atoms with Crippen LogP contribution in [0.3, 0.4) is 0 Å². The molecule has 0 amide bonds. The van der Waals surface area contributed by atoms with Gasteiger partial charge in [-0.2, -0.15) is 0 Å². The van der Waals surface area contributed by atoms with Crippen LogP contribution in [0.1, 0.15) is 36.6 Å². The second kappa shape index (κ2) is 5.75. The van der Waals surface area contributed by atoms with Gasteiger partial charge in [-0.3, -0.25) is 0 Å². The maximum atomic E-state index is 6.18. The minimum absolute atomic E-state index is 0.211. The Morgan fingerprint density at radius 3 is 2.62 bits per heavy atom. The Morgan fingerprint density at radius 1 is 1.19 bits per heavy atom. The lowest BCUT2D eigenvalue weighted by atomic mass is 9.85. The van der Waals surface area contributed by atoms with E-state index in [0.717, 1.165) is 22.5 Å². The van der Waals surface area contributed by atoms with E-state index in [0.29, 0.717) is 6.04 Å². The van der Waals surface area contributed by atoms with Gasteiger partial charge in [0.1, 0.15) is 0 Å². The minimum Gasteiger partial charge on any atom is -0.305 e. The van der Waals surface area contributed by atoms with Crippen molar-refractivity contribution in [3.63, 3.8) is 0 Å². The molecule has 0 radical (unpaired) electrons. The van der Waals surface area contributed by atoms with Gasteiger partial charge in [-0.15, -0.1) is 0 Å². The van der Waals surface area contributed by atoms with Gasteiger partial charge in [-0.1, -0.05) is 59.6 Å². The molecule has 0 saturated heterocycles. The summed E-state index contributed by atoms with van der Waals surface area (Å²) in [5.74, 6) is 0. The highest BCUT2D eigenvalue weighted by Crippen LogP contribution is 2.45. The molecule has 3 heteroatoms. The van der Waals surface area contributed by atoms with Crippen LogP contribution in [0.4, 0.5) is 0 Å². The predicted molar refractivity (Wildman–Crippen MR) is 92.7 cm³/mol. The summed E-state index contributed by atoms with van der Waals surface area (Å²) in [6.45, 7) is 5.51. The van der Waals surface area contributed by atoms with Crippen molar-refractivity contribution >= 4 is 27.5 Å². The van der Waals surface area contributed by atoms with Crippen molar-refractivity contribution in [3.05, 3.63) is 68.7 Å². The highest BCUT2D eigenvalue weighted by atomic mass is 79.9. The van der Waals surface area contributed by atoms with Crippen molar-refractivity contribution < 1.29 is 0 Å². The van der Waals surface area contributed by atoms with Crippen molar-refractivity contribution in [1.29, 1.82) is 0 Å². The van der Waals surface area contributed by atoms with Gasteiger partial charge in [-0.05, 0) is 52.8 Å². The fourth-order valence-corrected chi connectivity index (χ4v) is 3.66. The molecular weight excluding hydrogens is 346 g/mol. The average molecular weight is 365 g/mol. The number of nitrogens with one attached hydrogen (secondary N) is 1. The third kappa shape index (κ3) is 3.18. The first kappa shape index (κ1) is 15.1. The first-order chi connectivity index (χ1) is 9.95. The summed E-state index contributed by atoms with van der Waals surface area (Å²) in [6.07, 6.45) is 1.09. The molecule has 0 heterocycles. The third-order valence-electron chi connectivity index (χ3n) is 4.27. The summed E-state index contributed by atoms with van der Waals surface area (Å²) in [5.41, 5.74) is 4.27. The summed E-state index contributed by atoms with van der Waals surface area (Å²) in [6, 6.07) is 15.1. The zero-order valence-corrected chi connectivity index (χ0v) is 14.6. The number of benzene rings is 2. The van der Waals surface area contributed by atoms with Crippen molar-refractivity contribution in [3.8, 4) is 0 Å². The molecule has 0 saturated carbocycles. The molecule has 0 aromatic heterocycles. The van der Waals surface area contributed by atoms with E-state index >= 15 is 0 Å². The van der Waals surface area contributed by atoms with E-state index in [2.05, 4.69) is 71.5 Å². The van der Waals surface area contributed by atoms with Crippen LogP contribution in [0.25, 0.3) is 0 Å². The molecule has 1 aliphatic carbocycles. The van der Waals surface area contributed by atoms with Gasteiger partial charge in [0, 0.05) is 22.1 Å². The normalized spacial score (nSPS) is 19.5. The second-order valence-corrected chi connectivity index (χ2v) is 7.80. The van der Waals surface area contributed by atoms with Gasteiger partial charge in [-0.25, -0.2) is 0 Å². The largest absolute Gasteiger partial charge is 0.305 e. The lowest BCUT2D eigenvalue weighted by molar-refractivity contribution is 0.268. The quantitative estimate of drug-likeness (QED) is 0.756. The Kier molecular flexibility index (Phi) is 4.13. The van der Waals surface area contributed by atoms with Gasteiger partial charge in [0.15, 0.2) is 0 Å². The van der Waals surface area contributed by atoms with Gasteiger partial charge in [0.2, 0.25) is 0 Å². The monoisotopic (exact) mass is 363 g/mol. The summed E-state index contributed by atoms with van der Waals surface area (Å²) in [4.78, 5) is 0. The zero-order valence-electron chi connectivity index (χ0n) is 12.3. The average Bonchev–Trinajstić information content (AvgIpc) is 2.68. The van der Waals surface area contributed by atoms with E-state index in [-0.39, 0.29) is 5.41 Å². The molecule has 2 aromatic carbocycles. The number of hydrogen-bond acceptors (Lipinski definition) is 1. The highest BCUT2D eigenvalue weighted by molar-refractivity contribution is 9.10. The van der Waals surface area contributed by atoms with E-state index in [1.807, 2.05) is 6.07 Å². The molecule has 1 unspecified atom stereocenters. The zero-order chi connectivity index (χ0) is 15.0. The molecule has 1 atom stereocenters. The Bertz CT molecular complexity index is 649. The fourth-order valence-electron chi connectivity index (χ4n) is 3.22. The summed E-state index contributed by atoms with van der Waals surface area (Å²) in [5, 5.41) is 4.54. The number of halogens is 2. The molecule has 110 valence electrons.